The van der Waals surface area contributed by atoms with Crippen LogP contribution in [0.3, 0.4) is 0 Å². The number of nitrogens with zero attached hydrogens (tertiary/aromatic N) is 1. The Labute approximate surface area is 98.6 Å². The molecule has 1 saturated heterocycles. The van der Waals surface area contributed by atoms with Crippen LogP contribution in [0.25, 0.3) is 0 Å². The summed E-state index contributed by atoms with van der Waals surface area (Å²) in [6.45, 7) is 1.98. The van der Waals surface area contributed by atoms with Gasteiger partial charge in [-0.05, 0) is 18.2 Å². The molecule has 1 aromatic carbocycles. The van der Waals surface area contributed by atoms with Gasteiger partial charge in [-0.3, -0.25) is 4.79 Å². The number of carbonyl (C=O) groups is 1. The second-order valence-corrected chi connectivity index (χ2v) is 5.08. The number of carbonyl (C=O) groups excluding carboxylic acids is 1. The van der Waals surface area contributed by atoms with Crippen LogP contribution in [0.15, 0.2) is 18.2 Å². The number of hydrogen-bond acceptors (Lipinski definition) is 3. The zero-order chi connectivity index (χ0) is 10.7. The van der Waals surface area contributed by atoms with Gasteiger partial charge in [0.15, 0.2) is 6.29 Å². The molecule has 1 heterocycles. The van der Waals surface area contributed by atoms with Gasteiger partial charge in [-0.1, -0.05) is 11.6 Å². The average molecular weight is 242 g/mol. The van der Waals surface area contributed by atoms with E-state index in [1.165, 1.54) is 0 Å². The molecule has 0 bridgehead atoms. The predicted octanol–water partition coefficient (Wildman–Crippen LogP) is 2.71. The number of hydrogen-bond donors (Lipinski definition) is 0. The molecule has 2 nitrogen and oxygen atoms in total. The normalized spacial score (nSPS) is 16.5. The summed E-state index contributed by atoms with van der Waals surface area (Å²) in [4.78, 5) is 13.1. The largest absolute Gasteiger partial charge is 0.369 e. The molecule has 0 N–H and O–H groups in total. The Morgan fingerprint density at radius 2 is 2.07 bits per heavy atom. The van der Waals surface area contributed by atoms with Crippen LogP contribution >= 0.6 is 23.4 Å². The van der Waals surface area contributed by atoms with Gasteiger partial charge in [0, 0.05) is 40.9 Å². The van der Waals surface area contributed by atoms with Gasteiger partial charge in [0.05, 0.1) is 0 Å². The number of rotatable bonds is 2. The van der Waals surface area contributed by atoms with E-state index in [1.54, 1.807) is 12.1 Å². The van der Waals surface area contributed by atoms with Gasteiger partial charge in [0.25, 0.3) is 0 Å². The van der Waals surface area contributed by atoms with E-state index in [1.807, 2.05) is 17.8 Å². The van der Waals surface area contributed by atoms with Crippen molar-refractivity contribution in [2.45, 2.75) is 0 Å². The molecule has 1 aliphatic heterocycles. The highest BCUT2D eigenvalue weighted by Gasteiger charge is 2.14. The molecule has 15 heavy (non-hydrogen) atoms. The van der Waals surface area contributed by atoms with Crippen molar-refractivity contribution in [1.29, 1.82) is 0 Å². The number of anilines is 1. The van der Waals surface area contributed by atoms with E-state index in [-0.39, 0.29) is 0 Å². The Kier molecular flexibility index (Phi) is 3.54. The van der Waals surface area contributed by atoms with Gasteiger partial charge >= 0.3 is 0 Å². The lowest BCUT2D eigenvalue weighted by atomic mass is 10.1. The second-order valence-electron chi connectivity index (χ2n) is 3.42. The Bertz CT molecular complexity index is 364. The highest BCUT2D eigenvalue weighted by atomic mass is 35.5. The van der Waals surface area contributed by atoms with Crippen LogP contribution in [0.5, 0.6) is 0 Å². The van der Waals surface area contributed by atoms with Crippen LogP contribution in [0.4, 0.5) is 5.69 Å². The Hall–Kier alpha value is -0.670. The molecule has 2 rings (SSSR count). The van der Waals surface area contributed by atoms with Crippen molar-refractivity contribution in [2.24, 2.45) is 0 Å². The first kappa shape index (κ1) is 10.8. The molecule has 0 aliphatic carbocycles. The van der Waals surface area contributed by atoms with Crippen molar-refractivity contribution in [1.82, 2.24) is 0 Å². The summed E-state index contributed by atoms with van der Waals surface area (Å²) >= 11 is 7.89. The lowest BCUT2D eigenvalue weighted by Crippen LogP contribution is -2.33. The summed E-state index contributed by atoms with van der Waals surface area (Å²) < 4.78 is 0. The first-order chi connectivity index (χ1) is 7.31. The van der Waals surface area contributed by atoms with Gasteiger partial charge in [-0.25, -0.2) is 0 Å². The van der Waals surface area contributed by atoms with Crippen LogP contribution in [0.1, 0.15) is 10.4 Å². The molecule has 1 aliphatic rings. The van der Waals surface area contributed by atoms with Crippen molar-refractivity contribution in [3.63, 3.8) is 0 Å². The smallest absolute Gasteiger partial charge is 0.152 e. The lowest BCUT2D eigenvalue weighted by Gasteiger charge is -2.29. The van der Waals surface area contributed by atoms with Gasteiger partial charge in [-0.15, -0.1) is 0 Å². The van der Waals surface area contributed by atoms with Crippen molar-refractivity contribution in [2.75, 3.05) is 29.5 Å². The molecule has 0 spiro atoms. The number of aldehydes is 1. The third-order valence-corrected chi connectivity index (χ3v) is 3.65. The standard InChI is InChI=1S/C11H12ClNOS/c12-10-2-1-9(8-14)11(7-10)13-3-5-15-6-4-13/h1-2,7-8H,3-6H2. The van der Waals surface area contributed by atoms with E-state index < -0.39 is 0 Å². The van der Waals surface area contributed by atoms with Crippen molar-refractivity contribution >= 4 is 35.3 Å². The van der Waals surface area contributed by atoms with Crippen LogP contribution < -0.4 is 4.90 Å². The minimum atomic E-state index is 0.689. The molecule has 0 aromatic heterocycles. The number of thioether (sulfide) groups is 1. The molecule has 0 radical (unpaired) electrons. The molecular formula is C11H12ClNOS. The summed E-state index contributed by atoms with van der Waals surface area (Å²) in [6, 6.07) is 5.42. The first-order valence-corrected chi connectivity index (χ1v) is 6.42. The van der Waals surface area contributed by atoms with Gasteiger partial charge in [-0.2, -0.15) is 11.8 Å². The Balaban J connectivity index is 2.31. The fourth-order valence-electron chi connectivity index (χ4n) is 1.69. The molecule has 0 atom stereocenters. The van der Waals surface area contributed by atoms with Crippen LogP contribution in [-0.2, 0) is 0 Å². The molecule has 80 valence electrons. The summed E-state index contributed by atoms with van der Waals surface area (Å²) in [7, 11) is 0. The predicted molar refractivity (Wildman–Crippen MR) is 66.4 cm³/mol. The van der Waals surface area contributed by atoms with E-state index >= 15 is 0 Å². The highest BCUT2D eigenvalue weighted by Crippen LogP contribution is 2.26. The fourth-order valence-corrected chi connectivity index (χ4v) is 2.76. The summed E-state index contributed by atoms with van der Waals surface area (Å²) in [6.07, 6.45) is 0.896. The minimum Gasteiger partial charge on any atom is -0.369 e. The summed E-state index contributed by atoms with van der Waals surface area (Å²) in [5.41, 5.74) is 1.70. The maximum absolute atomic E-state index is 10.9. The molecule has 1 fully saturated rings. The molecule has 4 heteroatoms. The van der Waals surface area contributed by atoms with Gasteiger partial charge in [0.2, 0.25) is 0 Å². The Morgan fingerprint density at radius 3 is 2.73 bits per heavy atom. The molecule has 0 saturated carbocycles. The lowest BCUT2D eigenvalue weighted by molar-refractivity contribution is 0.112. The Morgan fingerprint density at radius 1 is 1.33 bits per heavy atom. The van der Waals surface area contributed by atoms with E-state index in [2.05, 4.69) is 4.90 Å². The van der Waals surface area contributed by atoms with Crippen LogP contribution in [-0.4, -0.2) is 30.9 Å². The quantitative estimate of drug-likeness (QED) is 0.743. The maximum atomic E-state index is 10.9. The fraction of sp³-hybridized carbons (Fsp3) is 0.364. The van der Waals surface area contributed by atoms with Crippen molar-refractivity contribution < 1.29 is 4.79 Å². The minimum absolute atomic E-state index is 0.689. The molecule has 0 unspecified atom stereocenters. The van der Waals surface area contributed by atoms with Crippen molar-refractivity contribution in [3.05, 3.63) is 28.8 Å². The zero-order valence-corrected chi connectivity index (χ0v) is 9.85. The first-order valence-electron chi connectivity index (χ1n) is 4.88. The topological polar surface area (TPSA) is 20.3 Å². The second kappa shape index (κ2) is 4.90. The van der Waals surface area contributed by atoms with Crippen LogP contribution in [0.2, 0.25) is 5.02 Å². The highest BCUT2D eigenvalue weighted by molar-refractivity contribution is 7.99. The third kappa shape index (κ3) is 2.47. The summed E-state index contributed by atoms with van der Waals surface area (Å²) in [5, 5.41) is 0.689. The van der Waals surface area contributed by atoms with Crippen molar-refractivity contribution in [3.8, 4) is 0 Å². The van der Waals surface area contributed by atoms with E-state index in [0.29, 0.717) is 5.02 Å². The molecular weight excluding hydrogens is 230 g/mol. The average Bonchev–Trinajstić information content (AvgIpc) is 2.30. The SMILES string of the molecule is O=Cc1ccc(Cl)cc1N1CCSCC1. The van der Waals surface area contributed by atoms with E-state index in [4.69, 9.17) is 11.6 Å². The molecule has 0 amide bonds. The van der Waals surface area contributed by atoms with Gasteiger partial charge < -0.3 is 4.90 Å². The van der Waals surface area contributed by atoms with Gasteiger partial charge in [0.1, 0.15) is 0 Å². The zero-order valence-electron chi connectivity index (χ0n) is 8.28. The number of benzene rings is 1. The molecule has 1 aromatic rings. The maximum Gasteiger partial charge on any atom is 0.152 e. The third-order valence-electron chi connectivity index (χ3n) is 2.47. The number of halogens is 1. The van der Waals surface area contributed by atoms with Crippen LogP contribution in [0, 0.1) is 0 Å². The van der Waals surface area contributed by atoms with E-state index in [9.17, 15) is 4.79 Å². The summed E-state index contributed by atoms with van der Waals surface area (Å²) in [5.74, 6) is 2.23. The monoisotopic (exact) mass is 241 g/mol. The van der Waals surface area contributed by atoms with E-state index in [0.717, 1.165) is 42.1 Å².